The van der Waals surface area contributed by atoms with Crippen LogP contribution in [0.25, 0.3) is 11.1 Å². The van der Waals surface area contributed by atoms with Crippen LogP contribution >= 0.6 is 0 Å². The van der Waals surface area contributed by atoms with Gasteiger partial charge < -0.3 is 14.2 Å². The number of rotatable bonds is 17. The highest BCUT2D eigenvalue weighted by Gasteiger charge is 2.19. The summed E-state index contributed by atoms with van der Waals surface area (Å²) in [6.45, 7) is 7.91. The van der Waals surface area contributed by atoms with E-state index in [1.165, 1.54) is 39.0 Å². The molecule has 0 aliphatic heterocycles. The molecule has 0 aliphatic rings. The van der Waals surface area contributed by atoms with Gasteiger partial charge in [0.2, 0.25) is 0 Å². The third-order valence-corrected chi connectivity index (χ3v) is 6.41. The molecule has 216 valence electrons. The minimum absolute atomic E-state index is 0.226. The van der Waals surface area contributed by atoms with E-state index in [4.69, 9.17) is 14.2 Å². The lowest BCUT2D eigenvalue weighted by atomic mass is 10.1. The second-order valence-corrected chi connectivity index (χ2v) is 9.66. The fraction of sp³-hybridized carbons (Fsp3) is 0.353. The molecule has 1 unspecified atom stereocenters. The summed E-state index contributed by atoms with van der Waals surface area (Å²) in [4.78, 5) is 23.9. The molecule has 0 aromatic heterocycles. The molecule has 7 heteroatoms. The van der Waals surface area contributed by atoms with E-state index in [1.54, 1.807) is 31.2 Å². The summed E-state index contributed by atoms with van der Waals surface area (Å²) in [5.41, 5.74) is 3.78. The SMILES string of the molecule is C=CCCCCCCCCOc1ccc(-c2ccc(N=Nc3ccc(C(=O)OC(C)C(=O)OCC)cc3)cc2)cc1. The zero-order valence-electron chi connectivity index (χ0n) is 24.1. The van der Waals surface area contributed by atoms with Crippen LogP contribution in [0.1, 0.15) is 69.2 Å². The number of carbonyl (C=O) groups excluding carboxylic acids is 2. The van der Waals surface area contributed by atoms with E-state index in [2.05, 4.69) is 28.9 Å². The van der Waals surface area contributed by atoms with Crippen molar-refractivity contribution in [3.8, 4) is 16.9 Å². The van der Waals surface area contributed by atoms with Crippen molar-refractivity contribution in [3.63, 3.8) is 0 Å². The smallest absolute Gasteiger partial charge is 0.347 e. The van der Waals surface area contributed by atoms with Crippen LogP contribution in [0.3, 0.4) is 0 Å². The standard InChI is InChI=1S/C34H40N2O5/c1-4-6-7-8-9-10-11-12-25-40-32-23-17-28(18-24-32)27-13-19-30(20-14-27)35-36-31-21-15-29(16-22-31)34(38)41-26(3)33(37)39-5-2/h4,13-24,26H,1,5-12,25H2,2-3H3. The molecule has 3 rings (SSSR count). The first-order valence-corrected chi connectivity index (χ1v) is 14.3. The van der Waals surface area contributed by atoms with Gasteiger partial charge in [-0.25, -0.2) is 9.59 Å². The lowest BCUT2D eigenvalue weighted by Crippen LogP contribution is -2.26. The van der Waals surface area contributed by atoms with Gasteiger partial charge in [0.1, 0.15) is 5.75 Å². The average Bonchev–Trinajstić information content (AvgIpc) is 3.00. The number of hydrogen-bond acceptors (Lipinski definition) is 7. The van der Waals surface area contributed by atoms with E-state index >= 15 is 0 Å². The van der Waals surface area contributed by atoms with Crippen molar-refractivity contribution < 1.29 is 23.8 Å². The molecule has 1 atom stereocenters. The first kappa shape index (κ1) is 31.3. The molecule has 41 heavy (non-hydrogen) atoms. The Balaban J connectivity index is 1.43. The lowest BCUT2D eigenvalue weighted by molar-refractivity contribution is -0.152. The molecule has 0 saturated heterocycles. The largest absolute Gasteiger partial charge is 0.494 e. The van der Waals surface area contributed by atoms with Crippen LogP contribution in [-0.4, -0.2) is 31.3 Å². The number of carbonyl (C=O) groups is 2. The van der Waals surface area contributed by atoms with E-state index < -0.39 is 18.0 Å². The molecule has 3 aromatic rings. The van der Waals surface area contributed by atoms with Gasteiger partial charge in [-0.15, -0.1) is 6.58 Å². The zero-order chi connectivity index (χ0) is 29.3. The minimum Gasteiger partial charge on any atom is -0.494 e. The molecule has 0 saturated carbocycles. The first-order chi connectivity index (χ1) is 20.0. The predicted molar refractivity (Wildman–Crippen MR) is 162 cm³/mol. The highest BCUT2D eigenvalue weighted by atomic mass is 16.6. The molecule has 0 radical (unpaired) electrons. The normalized spacial score (nSPS) is 11.7. The highest BCUT2D eigenvalue weighted by Crippen LogP contribution is 2.26. The van der Waals surface area contributed by atoms with Crippen molar-refractivity contribution in [2.45, 2.75) is 64.9 Å². The predicted octanol–water partition coefficient (Wildman–Crippen LogP) is 9.17. The maximum absolute atomic E-state index is 12.2. The maximum Gasteiger partial charge on any atom is 0.347 e. The van der Waals surface area contributed by atoms with Crippen LogP contribution in [0.5, 0.6) is 5.75 Å². The Morgan fingerprint density at radius 3 is 1.90 bits per heavy atom. The molecule has 0 bridgehead atoms. The molecule has 0 amide bonds. The number of unbranched alkanes of at least 4 members (excludes halogenated alkanes) is 6. The summed E-state index contributed by atoms with van der Waals surface area (Å²) >= 11 is 0. The van der Waals surface area contributed by atoms with E-state index in [0.29, 0.717) is 16.9 Å². The number of nitrogens with zero attached hydrogens (tertiary/aromatic N) is 2. The molecule has 0 heterocycles. The molecule has 0 N–H and O–H groups in total. The van der Waals surface area contributed by atoms with Gasteiger partial charge in [-0.05, 0) is 92.8 Å². The number of hydrogen-bond donors (Lipinski definition) is 0. The van der Waals surface area contributed by atoms with Crippen molar-refractivity contribution in [2.24, 2.45) is 10.2 Å². The first-order valence-electron chi connectivity index (χ1n) is 14.3. The zero-order valence-corrected chi connectivity index (χ0v) is 24.1. The molecular formula is C34H40N2O5. The second-order valence-electron chi connectivity index (χ2n) is 9.66. The van der Waals surface area contributed by atoms with Gasteiger partial charge in [0.15, 0.2) is 6.10 Å². The molecular weight excluding hydrogens is 516 g/mol. The molecule has 0 fully saturated rings. The number of azo groups is 1. The second kappa shape index (κ2) is 17.4. The lowest BCUT2D eigenvalue weighted by Gasteiger charge is -2.11. The third-order valence-electron chi connectivity index (χ3n) is 6.41. The van der Waals surface area contributed by atoms with Gasteiger partial charge in [-0.1, -0.05) is 56.0 Å². The molecule has 7 nitrogen and oxygen atoms in total. The Kier molecular flexibility index (Phi) is 13.3. The summed E-state index contributed by atoms with van der Waals surface area (Å²) in [6.07, 6.45) is 9.49. The van der Waals surface area contributed by atoms with Crippen LogP contribution in [0.15, 0.2) is 95.7 Å². The quantitative estimate of drug-likeness (QED) is 0.0716. The Morgan fingerprint density at radius 2 is 1.32 bits per heavy atom. The Bertz CT molecular complexity index is 1250. The highest BCUT2D eigenvalue weighted by molar-refractivity contribution is 5.91. The Labute approximate surface area is 243 Å². The van der Waals surface area contributed by atoms with E-state index in [-0.39, 0.29) is 6.61 Å². The summed E-state index contributed by atoms with van der Waals surface area (Å²) in [5.74, 6) is -0.297. The van der Waals surface area contributed by atoms with Crippen LogP contribution in [0, 0.1) is 0 Å². The van der Waals surface area contributed by atoms with Crippen molar-refractivity contribution in [1.82, 2.24) is 0 Å². The summed E-state index contributed by atoms with van der Waals surface area (Å²) < 4.78 is 15.9. The minimum atomic E-state index is -0.974. The average molecular weight is 557 g/mol. The number of benzene rings is 3. The fourth-order valence-corrected chi connectivity index (χ4v) is 4.07. The Morgan fingerprint density at radius 1 is 0.780 bits per heavy atom. The van der Waals surface area contributed by atoms with Gasteiger partial charge in [-0.3, -0.25) is 0 Å². The van der Waals surface area contributed by atoms with E-state index in [0.717, 1.165) is 36.3 Å². The molecule has 3 aromatic carbocycles. The molecule has 0 aliphatic carbocycles. The summed E-state index contributed by atoms with van der Waals surface area (Å²) in [5, 5.41) is 8.54. The number of ether oxygens (including phenoxy) is 3. The van der Waals surface area contributed by atoms with Crippen molar-refractivity contribution in [3.05, 3.63) is 91.0 Å². The van der Waals surface area contributed by atoms with Gasteiger partial charge in [-0.2, -0.15) is 10.2 Å². The van der Waals surface area contributed by atoms with Gasteiger partial charge in [0, 0.05) is 0 Å². The molecule has 0 spiro atoms. The topological polar surface area (TPSA) is 86.5 Å². The van der Waals surface area contributed by atoms with E-state index in [9.17, 15) is 9.59 Å². The summed E-state index contributed by atoms with van der Waals surface area (Å²) in [7, 11) is 0. The van der Waals surface area contributed by atoms with Crippen molar-refractivity contribution in [1.29, 1.82) is 0 Å². The van der Waals surface area contributed by atoms with Crippen LogP contribution in [0.4, 0.5) is 11.4 Å². The van der Waals surface area contributed by atoms with Crippen molar-refractivity contribution in [2.75, 3.05) is 13.2 Å². The van der Waals surface area contributed by atoms with Crippen LogP contribution < -0.4 is 4.74 Å². The van der Waals surface area contributed by atoms with Gasteiger partial charge in [0.25, 0.3) is 0 Å². The maximum atomic E-state index is 12.2. The number of allylic oxidation sites excluding steroid dienone is 1. The van der Waals surface area contributed by atoms with Gasteiger partial charge in [0.05, 0.1) is 30.2 Å². The summed E-state index contributed by atoms with van der Waals surface area (Å²) in [6, 6.07) is 22.5. The Hall–Kier alpha value is -4.26. The number of esters is 2. The third kappa shape index (κ3) is 11.0. The van der Waals surface area contributed by atoms with Crippen molar-refractivity contribution >= 4 is 23.3 Å². The van der Waals surface area contributed by atoms with E-state index in [1.807, 2.05) is 42.5 Å². The van der Waals surface area contributed by atoms with Gasteiger partial charge >= 0.3 is 11.9 Å². The van der Waals surface area contributed by atoms with Crippen LogP contribution in [0.2, 0.25) is 0 Å². The van der Waals surface area contributed by atoms with Crippen LogP contribution in [-0.2, 0) is 14.3 Å². The fourth-order valence-electron chi connectivity index (χ4n) is 4.07. The monoisotopic (exact) mass is 556 g/mol.